The van der Waals surface area contributed by atoms with Crippen molar-refractivity contribution in [3.8, 4) is 0 Å². The molecule has 0 radical (unpaired) electrons. The number of nitrogens with one attached hydrogen (secondary N) is 2. The molecule has 178 valence electrons. The van der Waals surface area contributed by atoms with Crippen LogP contribution < -0.4 is 22.1 Å². The third-order valence-electron chi connectivity index (χ3n) is 8.42. The second-order valence-electron chi connectivity index (χ2n) is 9.84. The second-order valence-corrected chi connectivity index (χ2v) is 9.84. The molecule has 4 aliphatic heterocycles. The minimum atomic E-state index is -1.19. The number of carbonyl (C=O) groups is 8. The zero-order valence-electron chi connectivity index (χ0n) is 17.5. The van der Waals surface area contributed by atoms with E-state index in [0.717, 1.165) is 0 Å². The van der Waals surface area contributed by atoms with Gasteiger partial charge in [0.25, 0.3) is 23.6 Å². The number of rotatable bonds is 1. The Bertz CT molecular complexity index is 1060. The molecular weight excluding hydrogens is 452 g/mol. The number of amides is 8. The third kappa shape index (κ3) is 2.31. The topological polar surface area (TPSA) is 219 Å². The van der Waals surface area contributed by atoms with Crippen molar-refractivity contribution in [1.29, 1.82) is 0 Å². The smallest absolute Gasteiger partial charge is 0.254 e. The molecule has 14 heteroatoms. The van der Waals surface area contributed by atoms with E-state index in [1.807, 2.05) is 0 Å². The van der Waals surface area contributed by atoms with Crippen LogP contribution in [0.4, 0.5) is 0 Å². The minimum absolute atomic E-state index is 0.122. The molecular formula is C20H20N6O8. The van der Waals surface area contributed by atoms with E-state index in [-0.39, 0.29) is 12.8 Å². The number of carbonyl (C=O) groups excluding carboxylic acids is 8. The molecule has 2 aliphatic carbocycles. The van der Waals surface area contributed by atoms with Gasteiger partial charge in [0.15, 0.2) is 0 Å². The molecule has 2 saturated carbocycles. The lowest BCUT2D eigenvalue weighted by atomic mass is 9.67. The van der Waals surface area contributed by atoms with Gasteiger partial charge in [-0.15, -0.1) is 0 Å². The largest absolute Gasteiger partial charge is 0.326 e. The summed E-state index contributed by atoms with van der Waals surface area (Å²) in [6, 6.07) is -2.32. The zero-order chi connectivity index (χ0) is 24.4. The fourth-order valence-electron chi connectivity index (χ4n) is 6.89. The van der Waals surface area contributed by atoms with E-state index in [2.05, 4.69) is 10.6 Å². The van der Waals surface area contributed by atoms with Gasteiger partial charge in [-0.25, -0.2) is 0 Å². The van der Waals surface area contributed by atoms with Crippen molar-refractivity contribution in [2.75, 3.05) is 0 Å². The zero-order valence-corrected chi connectivity index (χ0v) is 17.5. The van der Waals surface area contributed by atoms with E-state index >= 15 is 0 Å². The van der Waals surface area contributed by atoms with Gasteiger partial charge in [-0.1, -0.05) is 0 Å². The van der Waals surface area contributed by atoms with E-state index in [9.17, 15) is 38.4 Å². The summed E-state index contributed by atoms with van der Waals surface area (Å²) < 4.78 is 0. The minimum Gasteiger partial charge on any atom is -0.326 e. The highest BCUT2D eigenvalue weighted by molar-refractivity contribution is 6.16. The van der Waals surface area contributed by atoms with Crippen LogP contribution in [0.1, 0.15) is 12.8 Å². The van der Waals surface area contributed by atoms with Gasteiger partial charge in [-0.05, 0) is 12.8 Å². The molecule has 0 bridgehead atoms. The summed E-state index contributed by atoms with van der Waals surface area (Å²) >= 11 is 0. The molecule has 6 fully saturated rings. The van der Waals surface area contributed by atoms with Crippen LogP contribution in [-0.4, -0.2) is 69.4 Å². The molecule has 6 aliphatic rings. The summed E-state index contributed by atoms with van der Waals surface area (Å²) in [6.45, 7) is 0. The average Bonchev–Trinajstić information content (AvgIpc) is 3.39. The lowest BCUT2D eigenvalue weighted by Gasteiger charge is -2.34. The molecule has 14 nitrogen and oxygen atoms in total. The van der Waals surface area contributed by atoms with Gasteiger partial charge >= 0.3 is 0 Å². The molecule has 4 heterocycles. The molecule has 0 aromatic heterocycles. The van der Waals surface area contributed by atoms with Crippen LogP contribution in [0.25, 0.3) is 0 Å². The van der Waals surface area contributed by atoms with Crippen molar-refractivity contribution >= 4 is 47.3 Å². The van der Waals surface area contributed by atoms with Crippen molar-refractivity contribution in [1.82, 2.24) is 20.7 Å². The van der Waals surface area contributed by atoms with Crippen molar-refractivity contribution in [2.45, 2.75) is 24.9 Å². The van der Waals surface area contributed by atoms with Crippen LogP contribution in [0.3, 0.4) is 0 Å². The SMILES string of the molecule is NC1C2C(=O)NC(=O)C2CC2C(=O)N(N3C(=O)C4CC5C(=O)NC(=O)C5C(N)C4C3=O)C(=O)C21. The molecule has 8 amide bonds. The Morgan fingerprint density at radius 2 is 0.853 bits per heavy atom. The maximum absolute atomic E-state index is 13.3. The molecule has 4 saturated heterocycles. The van der Waals surface area contributed by atoms with Crippen LogP contribution in [0.5, 0.6) is 0 Å². The van der Waals surface area contributed by atoms with Crippen LogP contribution in [-0.2, 0) is 38.4 Å². The summed E-state index contributed by atoms with van der Waals surface area (Å²) in [6.07, 6.45) is -0.244. The highest BCUT2D eigenvalue weighted by Crippen LogP contribution is 2.49. The molecule has 0 aromatic rings. The van der Waals surface area contributed by atoms with Gasteiger partial charge < -0.3 is 11.5 Å². The molecule has 6 N–H and O–H groups in total. The van der Waals surface area contributed by atoms with Crippen LogP contribution >= 0.6 is 0 Å². The molecule has 6 rings (SSSR count). The number of hydrogen-bond donors (Lipinski definition) is 4. The Kier molecular flexibility index (Phi) is 4.05. The number of hydrogen-bond acceptors (Lipinski definition) is 10. The van der Waals surface area contributed by atoms with Gasteiger partial charge in [0.1, 0.15) is 0 Å². The predicted octanol–water partition coefficient (Wildman–Crippen LogP) is -4.66. The lowest BCUT2D eigenvalue weighted by molar-refractivity contribution is -0.173. The quantitative estimate of drug-likeness (QED) is 0.267. The van der Waals surface area contributed by atoms with Gasteiger partial charge in [0.05, 0.1) is 47.3 Å². The normalized spacial score (nSPS) is 45.4. The third-order valence-corrected chi connectivity index (χ3v) is 8.42. The maximum Gasteiger partial charge on any atom is 0.254 e. The highest BCUT2D eigenvalue weighted by atomic mass is 16.2. The van der Waals surface area contributed by atoms with E-state index in [1.165, 1.54) is 0 Å². The first-order valence-corrected chi connectivity index (χ1v) is 11.0. The number of nitrogens with two attached hydrogens (primary N) is 2. The van der Waals surface area contributed by atoms with E-state index < -0.39 is 107 Å². The van der Waals surface area contributed by atoms with Crippen LogP contribution in [0.15, 0.2) is 0 Å². The highest BCUT2D eigenvalue weighted by Gasteiger charge is 2.67. The van der Waals surface area contributed by atoms with Gasteiger partial charge in [-0.2, -0.15) is 10.0 Å². The maximum atomic E-state index is 13.3. The second kappa shape index (κ2) is 6.54. The Morgan fingerprint density at radius 1 is 0.500 bits per heavy atom. The fourth-order valence-corrected chi connectivity index (χ4v) is 6.89. The summed E-state index contributed by atoms with van der Waals surface area (Å²) in [5.74, 6) is -14.2. The van der Waals surface area contributed by atoms with Crippen molar-refractivity contribution < 1.29 is 38.4 Å². The summed E-state index contributed by atoms with van der Waals surface area (Å²) in [5, 5.41) is 5.26. The summed E-state index contributed by atoms with van der Waals surface area (Å²) in [4.78, 5) is 102. The standard InChI is InChI=1S/C20H20N6O8/c21-11-7-3(13(27)23-15(7)29)1-5-9(11)19(33)25(17(5)31)26-18(32)6-2-4-8(16(30)24-14(4)28)12(22)10(6)20(26)34/h3-12H,1-2,21-22H2,(H,23,27,29)(H,24,28,30). The molecule has 0 aromatic carbocycles. The molecule has 10 unspecified atom stereocenters. The van der Waals surface area contributed by atoms with E-state index in [4.69, 9.17) is 11.5 Å². The predicted molar refractivity (Wildman–Crippen MR) is 103 cm³/mol. The van der Waals surface area contributed by atoms with Crippen LogP contribution in [0, 0.1) is 47.3 Å². The van der Waals surface area contributed by atoms with E-state index in [1.54, 1.807) is 0 Å². The number of hydrazine groups is 1. The van der Waals surface area contributed by atoms with Crippen LogP contribution in [0.2, 0.25) is 0 Å². The van der Waals surface area contributed by atoms with Gasteiger partial charge in [-0.3, -0.25) is 49.0 Å². The Balaban J connectivity index is 1.33. The summed E-state index contributed by atoms with van der Waals surface area (Å²) in [5.41, 5.74) is 12.3. The van der Waals surface area contributed by atoms with Crippen molar-refractivity contribution in [3.05, 3.63) is 0 Å². The van der Waals surface area contributed by atoms with Gasteiger partial charge in [0.2, 0.25) is 23.6 Å². The molecule has 0 spiro atoms. The van der Waals surface area contributed by atoms with Crippen molar-refractivity contribution in [2.24, 2.45) is 58.8 Å². The fraction of sp³-hybridized carbons (Fsp3) is 0.600. The summed E-state index contributed by atoms with van der Waals surface area (Å²) in [7, 11) is 0. The molecule has 34 heavy (non-hydrogen) atoms. The number of imide groups is 4. The van der Waals surface area contributed by atoms with Gasteiger partial charge in [0, 0.05) is 12.1 Å². The number of nitrogens with zero attached hydrogens (tertiary/aromatic N) is 2. The Labute approximate surface area is 190 Å². The Hall–Kier alpha value is -3.52. The average molecular weight is 472 g/mol. The molecule has 10 atom stereocenters. The Morgan fingerprint density at radius 3 is 1.21 bits per heavy atom. The first-order valence-electron chi connectivity index (χ1n) is 11.0. The number of fused-ring (bicyclic) bond motifs is 4. The first-order chi connectivity index (χ1) is 16.0. The first kappa shape index (κ1) is 21.0. The van der Waals surface area contributed by atoms with E-state index in [0.29, 0.717) is 10.0 Å². The monoisotopic (exact) mass is 472 g/mol. The van der Waals surface area contributed by atoms with Crippen molar-refractivity contribution in [3.63, 3.8) is 0 Å². The lowest BCUT2D eigenvalue weighted by Crippen LogP contribution is -2.54.